The molecule has 5 nitrogen and oxygen atoms in total. The molecule has 2 N–H and O–H groups in total. The van der Waals surface area contributed by atoms with E-state index in [0.717, 1.165) is 12.1 Å². The summed E-state index contributed by atoms with van der Waals surface area (Å²) in [5.41, 5.74) is 1.00. The summed E-state index contributed by atoms with van der Waals surface area (Å²) in [4.78, 5) is 0. The van der Waals surface area contributed by atoms with Crippen LogP contribution in [0.25, 0.3) is 0 Å². The van der Waals surface area contributed by atoms with Gasteiger partial charge in [0, 0.05) is 26.3 Å². The minimum Gasteiger partial charge on any atom is -0.382 e. The lowest BCUT2D eigenvalue weighted by Crippen LogP contribution is -2.24. The fourth-order valence-electron chi connectivity index (χ4n) is 1.45. The highest BCUT2D eigenvalue weighted by Gasteiger charge is 2.15. The molecule has 0 atom stereocenters. The Morgan fingerprint density at radius 3 is 2.84 bits per heavy atom. The van der Waals surface area contributed by atoms with Gasteiger partial charge in [0.15, 0.2) is 0 Å². The van der Waals surface area contributed by atoms with Crippen LogP contribution in [0, 0.1) is 0 Å². The first-order chi connectivity index (χ1) is 9.10. The summed E-state index contributed by atoms with van der Waals surface area (Å²) in [7, 11) is -3.37. The van der Waals surface area contributed by atoms with Crippen molar-refractivity contribution >= 4 is 21.4 Å². The maximum atomic E-state index is 12.0. The SMILES string of the molecule is CCNCc1csc(S(=O)(=O)NCCCOCC)c1. The van der Waals surface area contributed by atoms with E-state index in [-0.39, 0.29) is 0 Å². The summed E-state index contributed by atoms with van der Waals surface area (Å²) in [6.45, 7) is 7.15. The Balaban J connectivity index is 2.45. The molecular formula is C12H22N2O3S2. The number of sulfonamides is 1. The first kappa shape index (κ1) is 16.6. The fraction of sp³-hybridized carbons (Fsp3) is 0.667. The van der Waals surface area contributed by atoms with Crippen molar-refractivity contribution in [3.05, 3.63) is 17.0 Å². The van der Waals surface area contributed by atoms with Crippen LogP contribution >= 0.6 is 11.3 Å². The summed E-state index contributed by atoms with van der Waals surface area (Å²) in [6, 6.07) is 1.72. The average molecular weight is 306 g/mol. The van der Waals surface area contributed by atoms with Gasteiger partial charge in [0.2, 0.25) is 10.0 Å². The molecule has 0 aliphatic carbocycles. The van der Waals surface area contributed by atoms with Gasteiger partial charge in [-0.1, -0.05) is 6.92 Å². The molecule has 110 valence electrons. The van der Waals surface area contributed by atoms with Gasteiger partial charge < -0.3 is 10.1 Å². The van der Waals surface area contributed by atoms with Crippen LogP contribution in [0.2, 0.25) is 0 Å². The average Bonchev–Trinajstić information content (AvgIpc) is 2.85. The maximum absolute atomic E-state index is 12.0. The topological polar surface area (TPSA) is 67.4 Å². The fourth-order valence-corrected chi connectivity index (χ4v) is 3.78. The van der Waals surface area contributed by atoms with E-state index in [0.29, 0.717) is 36.9 Å². The lowest BCUT2D eigenvalue weighted by atomic mass is 10.3. The third-order valence-corrected chi connectivity index (χ3v) is 5.38. The quantitative estimate of drug-likeness (QED) is 0.644. The Bertz CT molecular complexity index is 457. The third-order valence-electron chi connectivity index (χ3n) is 2.44. The van der Waals surface area contributed by atoms with Gasteiger partial charge in [-0.25, -0.2) is 13.1 Å². The van der Waals surface area contributed by atoms with Gasteiger partial charge in [-0.3, -0.25) is 0 Å². The molecule has 0 aromatic carbocycles. The maximum Gasteiger partial charge on any atom is 0.250 e. The molecule has 1 heterocycles. The van der Waals surface area contributed by atoms with Crippen LogP contribution in [-0.4, -0.2) is 34.7 Å². The van der Waals surface area contributed by atoms with E-state index in [1.807, 2.05) is 19.2 Å². The molecule has 0 saturated heterocycles. The van der Waals surface area contributed by atoms with E-state index in [1.165, 1.54) is 11.3 Å². The molecule has 0 saturated carbocycles. The largest absolute Gasteiger partial charge is 0.382 e. The molecule has 0 aliphatic rings. The van der Waals surface area contributed by atoms with Crippen molar-refractivity contribution in [2.75, 3.05) is 26.3 Å². The first-order valence-corrected chi connectivity index (χ1v) is 8.82. The number of ether oxygens (including phenoxy) is 1. The van der Waals surface area contributed by atoms with Crippen LogP contribution in [0.3, 0.4) is 0 Å². The van der Waals surface area contributed by atoms with Crippen molar-refractivity contribution in [2.45, 2.75) is 31.0 Å². The molecule has 0 spiro atoms. The van der Waals surface area contributed by atoms with E-state index in [9.17, 15) is 8.42 Å². The lowest BCUT2D eigenvalue weighted by Gasteiger charge is -2.04. The van der Waals surface area contributed by atoms with Gasteiger partial charge in [0.05, 0.1) is 0 Å². The van der Waals surface area contributed by atoms with E-state index in [2.05, 4.69) is 10.0 Å². The van der Waals surface area contributed by atoms with Crippen LogP contribution in [0.1, 0.15) is 25.8 Å². The van der Waals surface area contributed by atoms with Gasteiger partial charge >= 0.3 is 0 Å². The van der Waals surface area contributed by atoms with Crippen LogP contribution in [0.15, 0.2) is 15.7 Å². The molecule has 0 unspecified atom stereocenters. The zero-order valence-corrected chi connectivity index (χ0v) is 13.1. The Morgan fingerprint density at radius 2 is 2.16 bits per heavy atom. The van der Waals surface area contributed by atoms with Crippen LogP contribution < -0.4 is 10.0 Å². The molecule has 1 rings (SSSR count). The number of hydrogen-bond donors (Lipinski definition) is 2. The molecule has 1 aromatic rings. The normalized spacial score (nSPS) is 11.9. The molecule has 19 heavy (non-hydrogen) atoms. The van der Waals surface area contributed by atoms with Gasteiger partial charge in [0.1, 0.15) is 4.21 Å². The second-order valence-corrected chi connectivity index (χ2v) is 6.91. The summed E-state index contributed by atoms with van der Waals surface area (Å²) in [6.07, 6.45) is 0.683. The third kappa shape index (κ3) is 6.01. The van der Waals surface area contributed by atoms with Crippen molar-refractivity contribution in [3.8, 4) is 0 Å². The number of rotatable bonds is 10. The number of thiophene rings is 1. The van der Waals surface area contributed by atoms with Crippen LogP contribution in [0.5, 0.6) is 0 Å². The van der Waals surface area contributed by atoms with Crippen molar-refractivity contribution in [1.29, 1.82) is 0 Å². The molecule has 1 aromatic heterocycles. The first-order valence-electron chi connectivity index (χ1n) is 6.45. The van der Waals surface area contributed by atoms with Crippen molar-refractivity contribution in [2.24, 2.45) is 0 Å². The van der Waals surface area contributed by atoms with Gasteiger partial charge in [-0.05, 0) is 36.9 Å². The molecule has 7 heteroatoms. The predicted molar refractivity (Wildman–Crippen MR) is 78.0 cm³/mol. The molecule has 0 aliphatic heterocycles. The highest BCUT2D eigenvalue weighted by atomic mass is 32.2. The van der Waals surface area contributed by atoms with Crippen LogP contribution in [0.4, 0.5) is 0 Å². The van der Waals surface area contributed by atoms with Crippen molar-refractivity contribution in [1.82, 2.24) is 10.0 Å². The zero-order chi connectivity index (χ0) is 14.1. The monoisotopic (exact) mass is 306 g/mol. The zero-order valence-electron chi connectivity index (χ0n) is 11.4. The van der Waals surface area contributed by atoms with E-state index < -0.39 is 10.0 Å². The second-order valence-electron chi connectivity index (χ2n) is 4.00. The molecule has 0 radical (unpaired) electrons. The Hall–Kier alpha value is -0.470. The van der Waals surface area contributed by atoms with Crippen molar-refractivity contribution < 1.29 is 13.2 Å². The van der Waals surface area contributed by atoms with Crippen molar-refractivity contribution in [3.63, 3.8) is 0 Å². The Labute approximate surface area is 119 Å². The van der Waals surface area contributed by atoms with Gasteiger partial charge in [-0.15, -0.1) is 11.3 Å². The Morgan fingerprint density at radius 1 is 1.37 bits per heavy atom. The van der Waals surface area contributed by atoms with E-state index in [4.69, 9.17) is 4.74 Å². The minimum atomic E-state index is -3.37. The standard InChI is InChI=1S/C12H22N2O3S2/c1-3-13-9-11-8-12(18-10-11)19(15,16)14-6-5-7-17-4-2/h8,10,13-14H,3-7,9H2,1-2H3. The highest BCUT2D eigenvalue weighted by Crippen LogP contribution is 2.19. The predicted octanol–water partition coefficient (Wildman–Crippen LogP) is 1.56. The summed E-state index contributed by atoms with van der Waals surface area (Å²) in [5, 5.41) is 5.04. The summed E-state index contributed by atoms with van der Waals surface area (Å²) >= 11 is 1.25. The summed E-state index contributed by atoms with van der Waals surface area (Å²) < 4.78 is 32.1. The second kappa shape index (κ2) is 8.65. The number of hydrogen-bond acceptors (Lipinski definition) is 5. The van der Waals surface area contributed by atoms with Gasteiger partial charge in [0.25, 0.3) is 0 Å². The number of nitrogens with one attached hydrogen (secondary N) is 2. The summed E-state index contributed by atoms with van der Waals surface area (Å²) in [5.74, 6) is 0. The van der Waals surface area contributed by atoms with Gasteiger partial charge in [-0.2, -0.15) is 0 Å². The smallest absolute Gasteiger partial charge is 0.250 e. The Kier molecular flexibility index (Phi) is 7.55. The lowest BCUT2D eigenvalue weighted by molar-refractivity contribution is 0.146. The molecule has 0 amide bonds. The molecule has 0 bridgehead atoms. The molecular weight excluding hydrogens is 284 g/mol. The van der Waals surface area contributed by atoms with E-state index >= 15 is 0 Å². The molecule has 0 fully saturated rings. The highest BCUT2D eigenvalue weighted by molar-refractivity contribution is 7.91. The minimum absolute atomic E-state index is 0.372. The van der Waals surface area contributed by atoms with Crippen LogP contribution in [-0.2, 0) is 21.3 Å². The van der Waals surface area contributed by atoms with E-state index in [1.54, 1.807) is 6.07 Å².